The monoisotopic (exact) mass is 382 g/mol. The van der Waals surface area contributed by atoms with Crippen LogP contribution in [0.4, 0.5) is 0 Å². The number of nitrogens with zero attached hydrogens (tertiary/aromatic N) is 1. The molecule has 0 bridgehead atoms. The third kappa shape index (κ3) is 5.07. The van der Waals surface area contributed by atoms with E-state index in [2.05, 4.69) is 4.72 Å². The number of nitrogens with one attached hydrogen (secondary N) is 1. The van der Waals surface area contributed by atoms with Crippen LogP contribution in [0.15, 0.2) is 23.1 Å². The van der Waals surface area contributed by atoms with Crippen LogP contribution in [0.25, 0.3) is 0 Å². The summed E-state index contributed by atoms with van der Waals surface area (Å²) >= 11 is 11.7. The lowest BCUT2D eigenvalue weighted by Crippen LogP contribution is -2.41. The molecule has 23 heavy (non-hydrogen) atoms. The molecular weight excluding hydrogens is 367 g/mol. The van der Waals surface area contributed by atoms with Crippen LogP contribution in [0.1, 0.15) is 13.3 Å². The van der Waals surface area contributed by atoms with Gasteiger partial charge in [0.1, 0.15) is 10.9 Å². The van der Waals surface area contributed by atoms with Gasteiger partial charge < -0.3 is 10.0 Å². The first-order valence-electron chi connectivity index (χ1n) is 6.50. The number of carbonyl (C=O) groups excluding carboxylic acids is 1. The third-order valence-electron chi connectivity index (χ3n) is 3.15. The highest BCUT2D eigenvalue weighted by molar-refractivity contribution is 7.89. The summed E-state index contributed by atoms with van der Waals surface area (Å²) < 4.78 is 26.6. The number of aliphatic carboxylic acids is 1. The van der Waals surface area contributed by atoms with Crippen LogP contribution in [-0.4, -0.2) is 49.9 Å². The Bertz CT molecular complexity index is 688. The molecule has 0 saturated carbocycles. The molecule has 0 fully saturated rings. The number of sulfonamides is 1. The molecule has 0 aliphatic rings. The summed E-state index contributed by atoms with van der Waals surface area (Å²) in [4.78, 5) is 23.4. The molecule has 0 aliphatic heterocycles. The van der Waals surface area contributed by atoms with Crippen molar-refractivity contribution in [2.45, 2.75) is 24.3 Å². The van der Waals surface area contributed by atoms with Gasteiger partial charge in [-0.05, 0) is 19.1 Å². The maximum Gasteiger partial charge on any atom is 0.326 e. The summed E-state index contributed by atoms with van der Waals surface area (Å²) in [6, 6.07) is 3.28. The molecular formula is C13H16Cl2N2O5S. The van der Waals surface area contributed by atoms with Gasteiger partial charge in [0.15, 0.2) is 0 Å². The zero-order chi connectivity index (χ0) is 17.8. The predicted molar refractivity (Wildman–Crippen MR) is 86.1 cm³/mol. The van der Waals surface area contributed by atoms with Gasteiger partial charge in [-0.1, -0.05) is 29.3 Å². The van der Waals surface area contributed by atoms with Crippen molar-refractivity contribution in [2.75, 3.05) is 13.6 Å². The quantitative estimate of drug-likeness (QED) is 0.744. The summed E-state index contributed by atoms with van der Waals surface area (Å²) in [6.45, 7) is 1.15. The lowest BCUT2D eigenvalue weighted by atomic mass is 10.2. The smallest absolute Gasteiger partial charge is 0.326 e. The lowest BCUT2D eigenvalue weighted by molar-refractivity contribution is -0.148. The van der Waals surface area contributed by atoms with Gasteiger partial charge in [0, 0.05) is 20.0 Å². The molecule has 1 rings (SSSR count). The van der Waals surface area contributed by atoms with Crippen molar-refractivity contribution in [2.24, 2.45) is 0 Å². The second-order valence-electron chi connectivity index (χ2n) is 4.72. The van der Waals surface area contributed by atoms with E-state index in [0.717, 1.165) is 4.90 Å². The van der Waals surface area contributed by atoms with Crippen molar-refractivity contribution in [3.63, 3.8) is 0 Å². The summed E-state index contributed by atoms with van der Waals surface area (Å²) in [7, 11) is -2.65. The Balaban J connectivity index is 2.72. The summed E-state index contributed by atoms with van der Waals surface area (Å²) in [5, 5.41) is 8.76. The fourth-order valence-corrected chi connectivity index (χ4v) is 3.83. The summed E-state index contributed by atoms with van der Waals surface area (Å²) in [5.41, 5.74) is 0. The van der Waals surface area contributed by atoms with Crippen molar-refractivity contribution in [1.29, 1.82) is 0 Å². The van der Waals surface area contributed by atoms with Gasteiger partial charge in [-0.2, -0.15) is 0 Å². The molecule has 2 N–H and O–H groups in total. The molecule has 1 atom stereocenters. The second kappa shape index (κ2) is 7.96. The van der Waals surface area contributed by atoms with Crippen molar-refractivity contribution < 1.29 is 23.1 Å². The van der Waals surface area contributed by atoms with E-state index >= 15 is 0 Å². The van der Waals surface area contributed by atoms with Crippen molar-refractivity contribution >= 4 is 45.1 Å². The number of benzene rings is 1. The van der Waals surface area contributed by atoms with E-state index in [1.54, 1.807) is 0 Å². The number of carbonyl (C=O) groups is 2. The Morgan fingerprint density at radius 2 is 1.83 bits per heavy atom. The Hall–Kier alpha value is -1.35. The highest BCUT2D eigenvalue weighted by Gasteiger charge is 2.24. The van der Waals surface area contributed by atoms with Gasteiger partial charge in [0.25, 0.3) is 0 Å². The average Bonchev–Trinajstić information content (AvgIpc) is 2.44. The zero-order valence-corrected chi connectivity index (χ0v) is 14.7. The zero-order valence-electron chi connectivity index (χ0n) is 12.4. The molecule has 7 nitrogen and oxygen atoms in total. The van der Waals surface area contributed by atoms with E-state index in [9.17, 15) is 18.0 Å². The Labute approximate surface area is 144 Å². The van der Waals surface area contributed by atoms with Crippen molar-refractivity contribution in [3.05, 3.63) is 28.2 Å². The van der Waals surface area contributed by atoms with Crippen molar-refractivity contribution in [3.8, 4) is 0 Å². The Kier molecular flexibility index (Phi) is 6.82. The van der Waals surface area contributed by atoms with Crippen LogP contribution in [0, 0.1) is 0 Å². The number of carboxylic acid groups (broad SMARTS) is 1. The van der Waals surface area contributed by atoms with Crippen LogP contribution < -0.4 is 4.72 Å². The minimum absolute atomic E-state index is 0.0343. The standard InChI is InChI=1S/C13H16Cl2N2O5S/c1-8(13(19)20)17(2)11(18)6-7-16-23(21,22)12-9(14)4-3-5-10(12)15/h3-5,8,16H,6-7H2,1-2H3,(H,19,20). The molecule has 10 heteroatoms. The number of hydrogen-bond acceptors (Lipinski definition) is 4. The van der Waals surface area contributed by atoms with Crippen molar-refractivity contribution in [1.82, 2.24) is 9.62 Å². The topological polar surface area (TPSA) is 104 Å². The second-order valence-corrected chi connectivity index (χ2v) is 7.24. The van der Waals surface area contributed by atoms with Gasteiger partial charge in [-0.15, -0.1) is 0 Å². The highest BCUT2D eigenvalue weighted by atomic mass is 35.5. The molecule has 0 saturated heterocycles. The minimum Gasteiger partial charge on any atom is -0.480 e. The molecule has 128 valence electrons. The predicted octanol–water partition coefficient (Wildman–Crippen LogP) is 1.59. The number of halogens is 2. The first-order chi connectivity index (χ1) is 10.6. The fraction of sp³-hybridized carbons (Fsp3) is 0.385. The third-order valence-corrected chi connectivity index (χ3v) is 5.57. The molecule has 1 aromatic rings. The van der Waals surface area contributed by atoms with Gasteiger partial charge in [-0.3, -0.25) is 4.79 Å². The van der Waals surface area contributed by atoms with E-state index in [4.69, 9.17) is 28.3 Å². The first-order valence-corrected chi connectivity index (χ1v) is 8.74. The molecule has 1 unspecified atom stereocenters. The normalized spacial score (nSPS) is 12.7. The SMILES string of the molecule is CC(C(=O)O)N(C)C(=O)CCNS(=O)(=O)c1c(Cl)cccc1Cl. The number of hydrogen-bond donors (Lipinski definition) is 2. The molecule has 0 spiro atoms. The molecule has 1 amide bonds. The van der Waals surface area contributed by atoms with Gasteiger partial charge >= 0.3 is 5.97 Å². The van der Waals surface area contributed by atoms with E-state index in [1.165, 1.54) is 32.2 Å². The van der Waals surface area contributed by atoms with E-state index < -0.39 is 27.9 Å². The van der Waals surface area contributed by atoms with E-state index in [1.807, 2.05) is 0 Å². The maximum atomic E-state index is 12.2. The first kappa shape index (κ1) is 19.7. The van der Waals surface area contributed by atoms with Crippen LogP contribution in [-0.2, 0) is 19.6 Å². The largest absolute Gasteiger partial charge is 0.480 e. The van der Waals surface area contributed by atoms with Gasteiger partial charge in [0.2, 0.25) is 15.9 Å². The van der Waals surface area contributed by atoms with Gasteiger partial charge in [0.05, 0.1) is 10.0 Å². The molecule has 0 aromatic heterocycles. The lowest BCUT2D eigenvalue weighted by Gasteiger charge is -2.21. The molecule has 0 aliphatic carbocycles. The van der Waals surface area contributed by atoms with Crippen LogP contribution in [0.3, 0.4) is 0 Å². The molecule has 0 heterocycles. The minimum atomic E-state index is -3.98. The number of rotatable bonds is 7. The van der Waals surface area contributed by atoms with Gasteiger partial charge in [-0.25, -0.2) is 17.9 Å². The highest BCUT2D eigenvalue weighted by Crippen LogP contribution is 2.28. The summed E-state index contributed by atoms with van der Waals surface area (Å²) in [5.74, 6) is -1.66. The Morgan fingerprint density at radius 1 is 1.30 bits per heavy atom. The summed E-state index contributed by atoms with van der Waals surface area (Å²) in [6.07, 6.45) is -0.199. The number of amides is 1. The maximum absolute atomic E-state index is 12.2. The average molecular weight is 383 g/mol. The Morgan fingerprint density at radius 3 is 2.30 bits per heavy atom. The van der Waals surface area contributed by atoms with Crippen LogP contribution in [0.2, 0.25) is 10.0 Å². The fourth-order valence-electron chi connectivity index (χ4n) is 1.66. The van der Waals surface area contributed by atoms with Crippen LogP contribution >= 0.6 is 23.2 Å². The van der Waals surface area contributed by atoms with E-state index in [0.29, 0.717) is 0 Å². The van der Waals surface area contributed by atoms with E-state index in [-0.39, 0.29) is 27.9 Å². The molecule has 0 radical (unpaired) electrons. The van der Waals surface area contributed by atoms with Crippen LogP contribution in [0.5, 0.6) is 0 Å². The number of likely N-dealkylation sites (N-methyl/N-ethyl adjacent to an activating group) is 1. The number of carboxylic acids is 1. The molecule has 1 aromatic carbocycles.